The molecule has 1 N–H and O–H groups in total. The molecule has 1 aromatic heterocycles. The third-order valence-corrected chi connectivity index (χ3v) is 4.84. The molecule has 0 amide bonds. The summed E-state index contributed by atoms with van der Waals surface area (Å²) in [5.74, 6) is 1.27. The lowest BCUT2D eigenvalue weighted by atomic mass is 9.91. The maximum atomic E-state index is 9.30. The second-order valence-corrected chi connectivity index (χ2v) is 6.52. The average Bonchev–Trinajstić information content (AvgIpc) is 2.46. The molecule has 0 spiro atoms. The number of piperazine rings is 1. The number of nitrogens with zero attached hydrogens (tertiary/aromatic N) is 3. The van der Waals surface area contributed by atoms with Gasteiger partial charge in [-0.3, -0.25) is 4.90 Å². The van der Waals surface area contributed by atoms with Crippen LogP contribution in [0.3, 0.4) is 0 Å². The van der Waals surface area contributed by atoms with Gasteiger partial charge in [-0.1, -0.05) is 23.2 Å². The number of piperidine rings is 1. The van der Waals surface area contributed by atoms with Crippen LogP contribution in [0.25, 0.3) is 0 Å². The van der Waals surface area contributed by atoms with Crippen LogP contribution in [-0.4, -0.2) is 53.8 Å². The van der Waals surface area contributed by atoms with Crippen molar-refractivity contribution in [3.05, 3.63) is 22.3 Å². The first-order valence-electron chi connectivity index (χ1n) is 7.08. The number of pyridine rings is 1. The summed E-state index contributed by atoms with van der Waals surface area (Å²) in [4.78, 5) is 9.11. The molecule has 2 saturated heterocycles. The van der Waals surface area contributed by atoms with Gasteiger partial charge in [0, 0.05) is 45.0 Å². The fourth-order valence-electron chi connectivity index (χ4n) is 3.24. The SMILES string of the molecule is OCC1CCC2CN(c3ncc(Cl)cc3Cl)CCN2C1. The van der Waals surface area contributed by atoms with Gasteiger partial charge in [0.1, 0.15) is 5.82 Å². The van der Waals surface area contributed by atoms with E-state index < -0.39 is 0 Å². The van der Waals surface area contributed by atoms with Crippen molar-refractivity contribution in [2.75, 3.05) is 37.7 Å². The lowest BCUT2D eigenvalue weighted by Gasteiger charge is -2.46. The molecule has 110 valence electrons. The summed E-state index contributed by atoms with van der Waals surface area (Å²) in [5.41, 5.74) is 0. The normalized spacial score (nSPS) is 27.4. The highest BCUT2D eigenvalue weighted by Crippen LogP contribution is 2.30. The Morgan fingerprint density at radius 1 is 1.25 bits per heavy atom. The highest BCUT2D eigenvalue weighted by molar-refractivity contribution is 6.36. The number of aliphatic hydroxyl groups is 1. The Bertz CT molecular complexity index is 485. The number of rotatable bonds is 2. The van der Waals surface area contributed by atoms with Gasteiger partial charge in [0.05, 0.1) is 10.0 Å². The number of aromatic nitrogens is 1. The summed E-state index contributed by atoms with van der Waals surface area (Å²) >= 11 is 12.1. The topological polar surface area (TPSA) is 39.6 Å². The van der Waals surface area contributed by atoms with Gasteiger partial charge < -0.3 is 10.0 Å². The van der Waals surface area contributed by atoms with E-state index in [-0.39, 0.29) is 0 Å². The van der Waals surface area contributed by atoms with Gasteiger partial charge in [-0.2, -0.15) is 0 Å². The van der Waals surface area contributed by atoms with Crippen LogP contribution in [0.1, 0.15) is 12.8 Å². The first kappa shape index (κ1) is 14.4. The van der Waals surface area contributed by atoms with Crippen LogP contribution in [0.5, 0.6) is 0 Å². The monoisotopic (exact) mass is 315 g/mol. The molecule has 0 bridgehead atoms. The Morgan fingerprint density at radius 3 is 2.85 bits per heavy atom. The van der Waals surface area contributed by atoms with E-state index in [1.165, 1.54) is 0 Å². The molecule has 0 aliphatic carbocycles. The van der Waals surface area contributed by atoms with Crippen LogP contribution in [-0.2, 0) is 0 Å². The van der Waals surface area contributed by atoms with E-state index in [1.807, 2.05) is 0 Å². The standard InChI is InChI=1S/C14H19Cl2N3O/c15-11-5-13(16)14(17-6-11)19-4-3-18-7-10(9-20)1-2-12(18)8-19/h5-6,10,12,20H,1-4,7-9H2. The van der Waals surface area contributed by atoms with Crippen LogP contribution in [0.4, 0.5) is 5.82 Å². The van der Waals surface area contributed by atoms with E-state index in [1.54, 1.807) is 12.3 Å². The van der Waals surface area contributed by atoms with Crippen molar-refractivity contribution in [3.8, 4) is 0 Å². The van der Waals surface area contributed by atoms with Crippen LogP contribution in [0, 0.1) is 5.92 Å². The van der Waals surface area contributed by atoms with Crippen LogP contribution in [0.2, 0.25) is 10.0 Å². The van der Waals surface area contributed by atoms with E-state index >= 15 is 0 Å². The molecule has 2 unspecified atom stereocenters. The van der Waals surface area contributed by atoms with Gasteiger partial charge in [0.15, 0.2) is 0 Å². The van der Waals surface area contributed by atoms with Crippen molar-refractivity contribution in [1.82, 2.24) is 9.88 Å². The summed E-state index contributed by atoms with van der Waals surface area (Å²) in [6.45, 7) is 4.19. The Hall–Kier alpha value is -0.550. The van der Waals surface area contributed by atoms with E-state index in [2.05, 4.69) is 14.8 Å². The second-order valence-electron chi connectivity index (χ2n) is 5.68. The van der Waals surface area contributed by atoms with Crippen molar-refractivity contribution in [2.24, 2.45) is 5.92 Å². The van der Waals surface area contributed by atoms with Crippen molar-refractivity contribution in [1.29, 1.82) is 0 Å². The fraction of sp³-hybridized carbons (Fsp3) is 0.643. The first-order valence-corrected chi connectivity index (χ1v) is 7.84. The van der Waals surface area contributed by atoms with E-state index in [0.29, 0.717) is 28.6 Å². The molecule has 4 nitrogen and oxygen atoms in total. The summed E-state index contributed by atoms with van der Waals surface area (Å²) < 4.78 is 0. The largest absolute Gasteiger partial charge is 0.396 e. The molecular weight excluding hydrogens is 297 g/mol. The third-order valence-electron chi connectivity index (χ3n) is 4.35. The van der Waals surface area contributed by atoms with Gasteiger partial charge in [-0.25, -0.2) is 4.98 Å². The molecule has 3 heterocycles. The quantitative estimate of drug-likeness (QED) is 0.909. The number of aliphatic hydroxyl groups excluding tert-OH is 1. The zero-order chi connectivity index (χ0) is 14.1. The lowest BCUT2D eigenvalue weighted by Crippen LogP contribution is -2.57. The van der Waals surface area contributed by atoms with E-state index in [4.69, 9.17) is 23.2 Å². The minimum atomic E-state index is 0.303. The van der Waals surface area contributed by atoms with Crippen LogP contribution < -0.4 is 4.90 Å². The van der Waals surface area contributed by atoms with Crippen molar-refractivity contribution >= 4 is 29.0 Å². The number of anilines is 1. The number of hydrogen-bond acceptors (Lipinski definition) is 4. The average molecular weight is 316 g/mol. The van der Waals surface area contributed by atoms with Gasteiger partial charge >= 0.3 is 0 Å². The summed E-state index contributed by atoms with van der Waals surface area (Å²) in [5, 5.41) is 10.5. The van der Waals surface area contributed by atoms with Gasteiger partial charge in [0.25, 0.3) is 0 Å². The number of halogens is 2. The van der Waals surface area contributed by atoms with Gasteiger partial charge in [-0.05, 0) is 24.8 Å². The zero-order valence-electron chi connectivity index (χ0n) is 11.3. The molecule has 2 fully saturated rings. The van der Waals surface area contributed by atoms with Crippen molar-refractivity contribution in [3.63, 3.8) is 0 Å². The molecule has 20 heavy (non-hydrogen) atoms. The Morgan fingerprint density at radius 2 is 2.10 bits per heavy atom. The predicted octanol–water partition coefficient (Wildman–Crippen LogP) is 2.28. The molecule has 2 aliphatic rings. The van der Waals surface area contributed by atoms with E-state index in [9.17, 15) is 5.11 Å². The first-order chi connectivity index (χ1) is 9.67. The molecule has 2 aliphatic heterocycles. The third kappa shape index (κ3) is 2.89. The van der Waals surface area contributed by atoms with E-state index in [0.717, 1.165) is 44.8 Å². The highest BCUT2D eigenvalue weighted by atomic mass is 35.5. The minimum absolute atomic E-state index is 0.303. The molecule has 6 heteroatoms. The summed E-state index contributed by atoms with van der Waals surface area (Å²) in [6, 6.07) is 2.29. The molecule has 1 aromatic rings. The van der Waals surface area contributed by atoms with Crippen molar-refractivity contribution < 1.29 is 5.11 Å². The Kier molecular flexibility index (Phi) is 4.36. The molecule has 0 radical (unpaired) electrons. The highest BCUT2D eigenvalue weighted by Gasteiger charge is 2.33. The van der Waals surface area contributed by atoms with Crippen LogP contribution >= 0.6 is 23.2 Å². The lowest BCUT2D eigenvalue weighted by molar-refractivity contribution is 0.0672. The summed E-state index contributed by atoms with van der Waals surface area (Å²) in [6.07, 6.45) is 3.89. The molecule has 3 rings (SSSR count). The molecular formula is C14H19Cl2N3O. The maximum Gasteiger partial charge on any atom is 0.147 e. The molecule has 2 atom stereocenters. The number of hydrogen-bond donors (Lipinski definition) is 1. The Balaban J connectivity index is 1.70. The molecule has 0 saturated carbocycles. The zero-order valence-corrected chi connectivity index (χ0v) is 12.8. The minimum Gasteiger partial charge on any atom is -0.396 e. The summed E-state index contributed by atoms with van der Waals surface area (Å²) in [7, 11) is 0. The van der Waals surface area contributed by atoms with Crippen molar-refractivity contribution in [2.45, 2.75) is 18.9 Å². The Labute approximate surface area is 129 Å². The number of fused-ring (bicyclic) bond motifs is 1. The maximum absolute atomic E-state index is 9.30. The fourth-order valence-corrected chi connectivity index (χ4v) is 3.74. The van der Waals surface area contributed by atoms with Gasteiger partial charge in [0.2, 0.25) is 0 Å². The van der Waals surface area contributed by atoms with Gasteiger partial charge in [-0.15, -0.1) is 0 Å². The molecule has 0 aromatic carbocycles. The van der Waals surface area contributed by atoms with Crippen LogP contribution in [0.15, 0.2) is 12.3 Å². The second kappa shape index (κ2) is 6.06. The smallest absolute Gasteiger partial charge is 0.147 e. The predicted molar refractivity (Wildman–Crippen MR) is 81.6 cm³/mol.